The molecular weight excluding hydrogens is 684 g/mol. The van der Waals surface area contributed by atoms with Gasteiger partial charge in [0.05, 0.1) is 18.9 Å². The number of hydrogen-bond donors (Lipinski definition) is 9. The van der Waals surface area contributed by atoms with Gasteiger partial charge in [-0.25, -0.2) is 0 Å². The predicted octanol–water partition coefficient (Wildman–Crippen LogP) is -0.244. The summed E-state index contributed by atoms with van der Waals surface area (Å²) in [5.74, 6) is -9.29. The lowest BCUT2D eigenvalue weighted by Crippen LogP contribution is -2.58. The van der Waals surface area contributed by atoms with Crippen molar-refractivity contribution in [1.29, 1.82) is 0 Å². The van der Waals surface area contributed by atoms with E-state index >= 15 is 0 Å². The zero-order chi connectivity index (χ0) is 38.8. The fourth-order valence-electron chi connectivity index (χ4n) is 4.94. The van der Waals surface area contributed by atoms with Crippen LogP contribution in [0, 0.1) is 5.92 Å². The first-order valence-corrected chi connectivity index (χ1v) is 16.4. The molecule has 2 aromatic carbocycles. The van der Waals surface area contributed by atoms with Crippen molar-refractivity contribution in [3.63, 3.8) is 0 Å². The molecule has 282 valence electrons. The van der Waals surface area contributed by atoms with Gasteiger partial charge in [-0.05, 0) is 23.8 Å². The van der Waals surface area contributed by atoms with E-state index in [9.17, 15) is 53.4 Å². The van der Waals surface area contributed by atoms with Crippen LogP contribution in [-0.2, 0) is 43.2 Å². The molecule has 0 spiro atoms. The Morgan fingerprint density at radius 2 is 1.29 bits per heavy atom. The Kier molecular flexibility index (Phi) is 17.2. The predicted molar refractivity (Wildman–Crippen MR) is 185 cm³/mol. The number of carbonyl (C=O) groups is 9. The number of aliphatic carboxylic acids is 3. The molecule has 18 nitrogen and oxygen atoms in total. The smallest absolute Gasteiger partial charge is 0.305 e. The van der Waals surface area contributed by atoms with Gasteiger partial charge in [-0.3, -0.25) is 38.4 Å². The normalized spacial score (nSPS) is 13.1. The second kappa shape index (κ2) is 21.2. The van der Waals surface area contributed by atoms with Crippen LogP contribution < -0.4 is 31.9 Å². The largest absolute Gasteiger partial charge is 0.481 e. The van der Waals surface area contributed by atoms with Gasteiger partial charge in [0.2, 0.25) is 29.5 Å². The molecule has 0 saturated carbocycles. The van der Waals surface area contributed by atoms with E-state index in [4.69, 9.17) is 5.11 Å². The van der Waals surface area contributed by atoms with E-state index in [1.54, 1.807) is 0 Å². The molecular formula is C34H44N6O12. The van der Waals surface area contributed by atoms with Crippen LogP contribution in [0.3, 0.4) is 0 Å². The first kappa shape index (κ1) is 42.1. The monoisotopic (exact) mass is 728 g/mol. The molecule has 2 rings (SSSR count). The summed E-state index contributed by atoms with van der Waals surface area (Å²) in [6.45, 7) is 3.65. The average Bonchev–Trinajstić information content (AvgIpc) is 3.08. The number of fused-ring (bicyclic) bond motifs is 1. The molecule has 0 aliphatic rings. The number of rotatable bonds is 23. The van der Waals surface area contributed by atoms with E-state index in [0.717, 1.165) is 16.5 Å². The maximum absolute atomic E-state index is 13.2. The summed E-state index contributed by atoms with van der Waals surface area (Å²) in [6.07, 6.45) is -3.29. The SMILES string of the molecule is CC(C)[C@H](NC(=O)[C@H](CCC(=O)O)NC(=O)[C@H](CC(=O)O)NC(=O)CCC(=O)NCCNc1cccc2ccccc12)C(=O)N[C@H](C=O)CC(=O)O. The highest BCUT2D eigenvalue weighted by molar-refractivity contribution is 5.97. The van der Waals surface area contributed by atoms with Crippen LogP contribution in [0.4, 0.5) is 5.69 Å². The van der Waals surface area contributed by atoms with E-state index in [0.29, 0.717) is 6.54 Å². The number of carboxylic acid groups (broad SMARTS) is 3. The molecule has 2 aromatic rings. The highest BCUT2D eigenvalue weighted by Crippen LogP contribution is 2.22. The highest BCUT2D eigenvalue weighted by Gasteiger charge is 2.33. The second-order valence-corrected chi connectivity index (χ2v) is 12.1. The maximum atomic E-state index is 13.2. The summed E-state index contributed by atoms with van der Waals surface area (Å²) in [4.78, 5) is 109. The summed E-state index contributed by atoms with van der Waals surface area (Å²) in [6, 6.07) is 7.41. The van der Waals surface area contributed by atoms with Crippen molar-refractivity contribution >= 4 is 70.2 Å². The van der Waals surface area contributed by atoms with Gasteiger partial charge in [-0.2, -0.15) is 0 Å². The van der Waals surface area contributed by atoms with Gasteiger partial charge in [-0.15, -0.1) is 0 Å². The fraction of sp³-hybridized carbons (Fsp3) is 0.441. The van der Waals surface area contributed by atoms with Gasteiger partial charge in [0.15, 0.2) is 0 Å². The van der Waals surface area contributed by atoms with Crippen LogP contribution in [0.15, 0.2) is 42.5 Å². The third-order valence-corrected chi connectivity index (χ3v) is 7.58. The molecule has 5 amide bonds. The standard InChI is InChI=1S/C34H44N6O12/c1-19(2)31(34(52)37-21(18-41)16-29(46)47)40-32(50)24(10-13-28(44)45)39-33(51)25(17-30(48)49)38-27(43)12-11-26(42)36-15-14-35-23-9-5-7-20-6-3-4-8-22(20)23/h3-9,18-19,21,24-25,31,35H,10-17H2,1-2H3,(H,36,42)(H,37,52)(H,38,43)(H,39,51)(H,40,50)(H,44,45)(H,46,47)(H,48,49)/t21-,24-,25-,31-/m0/s1. The highest BCUT2D eigenvalue weighted by atomic mass is 16.4. The molecule has 0 aromatic heterocycles. The summed E-state index contributed by atoms with van der Waals surface area (Å²) >= 11 is 0. The van der Waals surface area contributed by atoms with E-state index in [1.165, 1.54) is 13.8 Å². The Morgan fingerprint density at radius 1 is 0.654 bits per heavy atom. The van der Waals surface area contributed by atoms with E-state index < -0.39 is 110 Å². The van der Waals surface area contributed by atoms with Crippen LogP contribution in [-0.4, -0.2) is 106 Å². The Morgan fingerprint density at radius 3 is 1.92 bits per heavy atom. The molecule has 9 N–H and O–H groups in total. The molecule has 0 radical (unpaired) electrons. The van der Waals surface area contributed by atoms with Crippen molar-refractivity contribution in [2.24, 2.45) is 5.92 Å². The van der Waals surface area contributed by atoms with Crippen molar-refractivity contribution in [2.75, 3.05) is 18.4 Å². The van der Waals surface area contributed by atoms with Gasteiger partial charge in [0.1, 0.15) is 24.4 Å². The minimum absolute atomic E-state index is 0.205. The quantitative estimate of drug-likeness (QED) is 0.0528. The topological polar surface area (TPSA) is 286 Å². The van der Waals surface area contributed by atoms with Crippen molar-refractivity contribution < 1.29 is 58.5 Å². The maximum Gasteiger partial charge on any atom is 0.305 e. The fourth-order valence-corrected chi connectivity index (χ4v) is 4.94. The molecule has 0 aliphatic carbocycles. The Bertz CT molecular complexity index is 1630. The Labute approximate surface area is 298 Å². The first-order chi connectivity index (χ1) is 24.6. The molecule has 0 saturated heterocycles. The lowest BCUT2D eigenvalue weighted by atomic mass is 10.0. The van der Waals surface area contributed by atoms with E-state index in [-0.39, 0.29) is 19.3 Å². The van der Waals surface area contributed by atoms with Crippen LogP contribution in [0.1, 0.15) is 52.4 Å². The third-order valence-electron chi connectivity index (χ3n) is 7.58. The third kappa shape index (κ3) is 14.8. The zero-order valence-electron chi connectivity index (χ0n) is 28.7. The number of benzene rings is 2. The van der Waals surface area contributed by atoms with Crippen molar-refractivity contribution in [3.05, 3.63) is 42.5 Å². The zero-order valence-corrected chi connectivity index (χ0v) is 28.7. The number of hydrogen-bond acceptors (Lipinski definition) is 10. The summed E-state index contributed by atoms with van der Waals surface area (Å²) in [5, 5.41) is 44.4. The minimum Gasteiger partial charge on any atom is -0.481 e. The average molecular weight is 729 g/mol. The lowest BCUT2D eigenvalue weighted by molar-refractivity contribution is -0.142. The van der Waals surface area contributed by atoms with Crippen molar-refractivity contribution in [1.82, 2.24) is 26.6 Å². The molecule has 52 heavy (non-hydrogen) atoms. The number of carboxylic acids is 3. The van der Waals surface area contributed by atoms with Crippen LogP contribution in [0.2, 0.25) is 0 Å². The molecule has 0 aliphatic heterocycles. The molecule has 0 heterocycles. The molecule has 0 unspecified atom stereocenters. The minimum atomic E-state index is -1.73. The van der Waals surface area contributed by atoms with Gasteiger partial charge in [0.25, 0.3) is 0 Å². The molecule has 0 bridgehead atoms. The van der Waals surface area contributed by atoms with Crippen LogP contribution in [0.5, 0.6) is 0 Å². The van der Waals surface area contributed by atoms with Crippen molar-refractivity contribution in [3.8, 4) is 0 Å². The van der Waals surface area contributed by atoms with Gasteiger partial charge < -0.3 is 52.0 Å². The molecule has 18 heteroatoms. The second-order valence-electron chi connectivity index (χ2n) is 12.1. The number of carbonyl (C=O) groups excluding carboxylic acids is 6. The Balaban J connectivity index is 1.99. The van der Waals surface area contributed by atoms with Gasteiger partial charge in [-0.1, -0.05) is 50.2 Å². The number of amides is 5. The summed E-state index contributed by atoms with van der Waals surface area (Å²) in [7, 11) is 0. The van der Waals surface area contributed by atoms with Gasteiger partial charge >= 0.3 is 17.9 Å². The molecule has 4 atom stereocenters. The van der Waals surface area contributed by atoms with Crippen LogP contribution >= 0.6 is 0 Å². The first-order valence-electron chi connectivity index (χ1n) is 16.4. The summed E-state index contributed by atoms with van der Waals surface area (Å²) in [5.41, 5.74) is 0.878. The number of nitrogens with one attached hydrogen (secondary N) is 6. The summed E-state index contributed by atoms with van der Waals surface area (Å²) < 4.78 is 0. The lowest BCUT2D eigenvalue weighted by Gasteiger charge is -2.27. The van der Waals surface area contributed by atoms with Gasteiger partial charge in [0, 0.05) is 43.4 Å². The molecule has 0 fully saturated rings. The van der Waals surface area contributed by atoms with E-state index in [2.05, 4.69) is 31.9 Å². The van der Waals surface area contributed by atoms with Crippen molar-refractivity contribution in [2.45, 2.75) is 76.5 Å². The Hall–Kier alpha value is -6.07. The van der Waals surface area contributed by atoms with Crippen LogP contribution in [0.25, 0.3) is 10.8 Å². The van der Waals surface area contributed by atoms with E-state index in [1.807, 2.05) is 42.5 Å². The number of aldehydes is 1. The number of anilines is 1.